The Labute approximate surface area is 154 Å². The third-order valence-electron chi connectivity index (χ3n) is 3.01. The second-order valence-corrected chi connectivity index (χ2v) is 5.12. The maximum atomic E-state index is 12.3. The number of rotatable bonds is 2. The Hall–Kier alpha value is -2.75. The van der Waals surface area contributed by atoms with Crippen LogP contribution in [0.3, 0.4) is 0 Å². The Balaban J connectivity index is 0.000000271. The Morgan fingerprint density at radius 1 is 0.815 bits per heavy atom. The van der Waals surface area contributed by atoms with Gasteiger partial charge in [-0.05, 0) is 12.1 Å². The van der Waals surface area contributed by atoms with E-state index in [1.807, 2.05) is 0 Å². The molecule has 2 rings (SSSR count). The number of oxime groups is 2. The van der Waals surface area contributed by atoms with E-state index in [0.29, 0.717) is 0 Å². The molecule has 0 aliphatic heterocycles. The van der Waals surface area contributed by atoms with Crippen LogP contribution in [0.25, 0.3) is 0 Å². The lowest BCUT2D eigenvalue weighted by Gasteiger charge is -2.10. The van der Waals surface area contributed by atoms with Crippen LogP contribution in [0, 0.1) is 0 Å². The van der Waals surface area contributed by atoms with Crippen LogP contribution < -0.4 is 0 Å². The van der Waals surface area contributed by atoms with Crippen molar-refractivity contribution in [3.63, 3.8) is 0 Å². The minimum Gasteiger partial charge on any atom is -0.411 e. The first-order valence-electron chi connectivity index (χ1n) is 6.90. The van der Waals surface area contributed by atoms with Crippen molar-refractivity contribution in [3.05, 3.63) is 70.8 Å². The van der Waals surface area contributed by atoms with E-state index in [2.05, 4.69) is 10.3 Å². The monoisotopic (exact) mass is 412 g/mol. The molecular weight excluding hydrogens is 402 g/mol. The minimum atomic E-state index is -4.51. The first-order valence-corrected chi connectivity index (χ1v) is 7.28. The second kappa shape index (κ2) is 9.26. The van der Waals surface area contributed by atoms with Crippen LogP contribution in [0.2, 0.25) is 0 Å². The Kier molecular flexibility index (Phi) is 7.65. The Morgan fingerprint density at radius 2 is 1.30 bits per heavy atom. The van der Waals surface area contributed by atoms with E-state index < -0.39 is 28.7 Å². The molecule has 0 saturated heterocycles. The van der Waals surface area contributed by atoms with Gasteiger partial charge in [0.2, 0.25) is 0 Å². The van der Waals surface area contributed by atoms with Gasteiger partial charge in [0.1, 0.15) is 0 Å². The lowest BCUT2D eigenvalue weighted by molar-refractivity contribution is -0.138. The van der Waals surface area contributed by atoms with Crippen LogP contribution in [0.4, 0.5) is 26.3 Å². The molecule has 0 radical (unpaired) electrons. The van der Waals surface area contributed by atoms with Gasteiger partial charge in [-0.3, -0.25) is 0 Å². The summed E-state index contributed by atoms with van der Waals surface area (Å²) >= 11 is 5.30. The molecule has 0 atom stereocenters. The molecule has 0 aliphatic rings. The van der Waals surface area contributed by atoms with Crippen molar-refractivity contribution in [2.45, 2.75) is 12.4 Å². The molecule has 0 heterocycles. The van der Waals surface area contributed by atoms with Crippen LogP contribution in [0.15, 0.2) is 58.8 Å². The smallest absolute Gasteiger partial charge is 0.411 e. The van der Waals surface area contributed by atoms with Gasteiger partial charge >= 0.3 is 12.4 Å². The average molecular weight is 413 g/mol. The highest BCUT2D eigenvalue weighted by atomic mass is 35.5. The lowest BCUT2D eigenvalue weighted by atomic mass is 10.1. The average Bonchev–Trinajstić information content (AvgIpc) is 2.61. The summed E-state index contributed by atoms with van der Waals surface area (Å²) in [4.78, 5) is 0. The topological polar surface area (TPSA) is 65.2 Å². The molecule has 2 N–H and O–H groups in total. The maximum Gasteiger partial charge on any atom is 0.417 e. The Bertz CT molecular complexity index is 819. The standard InChI is InChI=1S/C8H5ClF3NO.C8H6F3NO/c9-7(13-14)5-3-1-2-4-6(5)8(10,11)12;9-8(10,11)7-4-2-1-3-6(7)5-12-13/h1-4,14H;1-5,13H/b13-7-;12-5+. The summed E-state index contributed by atoms with van der Waals surface area (Å²) in [6.45, 7) is 0. The molecular formula is C16H11ClF6N2O2. The van der Waals surface area contributed by atoms with Crippen LogP contribution >= 0.6 is 11.6 Å². The summed E-state index contributed by atoms with van der Waals surface area (Å²) < 4.78 is 73.7. The van der Waals surface area contributed by atoms with Gasteiger partial charge in [0.25, 0.3) is 0 Å². The fraction of sp³-hybridized carbons (Fsp3) is 0.125. The summed E-state index contributed by atoms with van der Waals surface area (Å²) in [6.07, 6.45) is -8.18. The molecule has 4 nitrogen and oxygen atoms in total. The summed E-state index contributed by atoms with van der Waals surface area (Å²) in [7, 11) is 0. The van der Waals surface area contributed by atoms with E-state index in [0.717, 1.165) is 24.4 Å². The van der Waals surface area contributed by atoms with Gasteiger partial charge in [-0.2, -0.15) is 26.3 Å². The number of halogens is 7. The molecule has 0 saturated carbocycles. The number of hydrogen-bond donors (Lipinski definition) is 2. The van der Waals surface area contributed by atoms with E-state index in [1.165, 1.54) is 30.3 Å². The molecule has 2 aromatic carbocycles. The zero-order chi connectivity index (χ0) is 20.7. The van der Waals surface area contributed by atoms with Gasteiger partial charge in [-0.15, -0.1) is 0 Å². The van der Waals surface area contributed by atoms with Gasteiger partial charge in [0, 0.05) is 11.1 Å². The number of alkyl halides is 6. The van der Waals surface area contributed by atoms with Gasteiger partial charge < -0.3 is 10.4 Å². The third-order valence-corrected chi connectivity index (χ3v) is 3.28. The normalized spacial score (nSPS) is 12.6. The van der Waals surface area contributed by atoms with Crippen molar-refractivity contribution in [1.29, 1.82) is 0 Å². The quantitative estimate of drug-likeness (QED) is 0.292. The number of hydrogen-bond acceptors (Lipinski definition) is 4. The van der Waals surface area contributed by atoms with Crippen molar-refractivity contribution in [3.8, 4) is 0 Å². The van der Waals surface area contributed by atoms with Gasteiger partial charge in [-0.25, -0.2) is 0 Å². The predicted octanol–water partition coefficient (Wildman–Crippen LogP) is 5.59. The molecule has 27 heavy (non-hydrogen) atoms. The van der Waals surface area contributed by atoms with E-state index in [-0.39, 0.29) is 11.1 Å². The van der Waals surface area contributed by atoms with E-state index in [4.69, 9.17) is 22.0 Å². The van der Waals surface area contributed by atoms with Crippen molar-refractivity contribution in [2.24, 2.45) is 10.3 Å². The largest absolute Gasteiger partial charge is 0.417 e. The molecule has 0 fully saturated rings. The fourth-order valence-corrected chi connectivity index (χ4v) is 2.06. The molecule has 11 heteroatoms. The second-order valence-electron chi connectivity index (χ2n) is 4.76. The first-order chi connectivity index (χ1) is 12.5. The minimum absolute atomic E-state index is 0.155. The zero-order valence-electron chi connectivity index (χ0n) is 13.1. The number of benzene rings is 2. The van der Waals surface area contributed by atoms with Gasteiger partial charge in [-0.1, -0.05) is 58.3 Å². The molecule has 0 bridgehead atoms. The first kappa shape index (κ1) is 22.3. The summed E-state index contributed by atoms with van der Waals surface area (Å²) in [5, 5.41) is 20.9. The summed E-state index contributed by atoms with van der Waals surface area (Å²) in [5.41, 5.74) is -2.24. The van der Waals surface area contributed by atoms with E-state index in [9.17, 15) is 26.3 Å². The van der Waals surface area contributed by atoms with Crippen LogP contribution in [-0.4, -0.2) is 21.8 Å². The summed E-state index contributed by atoms with van der Waals surface area (Å²) in [6, 6.07) is 9.46. The van der Waals surface area contributed by atoms with Crippen LogP contribution in [0.1, 0.15) is 22.3 Å². The highest BCUT2D eigenvalue weighted by molar-refractivity contribution is 6.69. The highest BCUT2D eigenvalue weighted by Gasteiger charge is 2.34. The van der Waals surface area contributed by atoms with E-state index in [1.54, 1.807) is 0 Å². The fourth-order valence-electron chi connectivity index (χ4n) is 1.89. The zero-order valence-corrected chi connectivity index (χ0v) is 13.9. The molecule has 146 valence electrons. The molecule has 0 spiro atoms. The van der Waals surface area contributed by atoms with Crippen LogP contribution in [-0.2, 0) is 12.4 Å². The van der Waals surface area contributed by atoms with Crippen molar-refractivity contribution >= 4 is 23.0 Å². The number of nitrogens with zero attached hydrogens (tertiary/aromatic N) is 2. The summed E-state index contributed by atoms with van der Waals surface area (Å²) in [5.74, 6) is 0. The SMILES string of the molecule is O/N=C(\Cl)c1ccccc1C(F)(F)F.O/N=C/c1ccccc1C(F)(F)F. The molecule has 0 amide bonds. The Morgan fingerprint density at radius 3 is 1.78 bits per heavy atom. The molecule has 2 aromatic rings. The van der Waals surface area contributed by atoms with Crippen LogP contribution in [0.5, 0.6) is 0 Å². The molecule has 0 unspecified atom stereocenters. The van der Waals surface area contributed by atoms with Crippen molar-refractivity contribution in [1.82, 2.24) is 0 Å². The van der Waals surface area contributed by atoms with Gasteiger partial charge in [0.05, 0.1) is 17.3 Å². The third kappa shape index (κ3) is 6.48. The van der Waals surface area contributed by atoms with E-state index >= 15 is 0 Å². The molecule has 0 aliphatic carbocycles. The predicted molar refractivity (Wildman–Crippen MR) is 86.4 cm³/mol. The molecule has 0 aromatic heterocycles. The lowest BCUT2D eigenvalue weighted by Crippen LogP contribution is -2.10. The van der Waals surface area contributed by atoms with Gasteiger partial charge in [0.15, 0.2) is 5.17 Å². The maximum absolute atomic E-state index is 12.3. The highest BCUT2D eigenvalue weighted by Crippen LogP contribution is 2.32. The van der Waals surface area contributed by atoms with Crippen molar-refractivity contribution in [2.75, 3.05) is 0 Å². The van der Waals surface area contributed by atoms with Crippen molar-refractivity contribution < 1.29 is 36.8 Å².